The Morgan fingerprint density at radius 3 is 2.77 bits per heavy atom. The summed E-state index contributed by atoms with van der Waals surface area (Å²) in [6.45, 7) is 6.08. The molecule has 1 aromatic carbocycles. The van der Waals surface area contributed by atoms with Crippen LogP contribution in [-0.2, 0) is 26.2 Å². The summed E-state index contributed by atoms with van der Waals surface area (Å²) < 4.78 is 35.6. The van der Waals surface area contributed by atoms with Gasteiger partial charge in [0.1, 0.15) is 6.61 Å². The van der Waals surface area contributed by atoms with E-state index in [1.165, 1.54) is 11.4 Å². The van der Waals surface area contributed by atoms with Crippen molar-refractivity contribution >= 4 is 16.2 Å². The normalized spacial score (nSPS) is 17.1. The number of hydrogen-bond acceptors (Lipinski definition) is 7. The summed E-state index contributed by atoms with van der Waals surface area (Å²) in [6, 6.07) is 9.91. The SMILES string of the molecule is COC(=O)Cc1c(-c2ccnc(OCCN(C)C3CCCN(S(N)(=O)=O)C3)c2)cccc1C(C)C. The van der Waals surface area contributed by atoms with Crippen molar-refractivity contribution < 1.29 is 22.7 Å². The van der Waals surface area contributed by atoms with Crippen molar-refractivity contribution in [2.24, 2.45) is 5.14 Å². The Hall–Kier alpha value is -2.53. The standard InChI is InChI=1S/C25H36N4O5S/c1-18(2)21-8-5-9-22(23(21)16-25(30)33-4)19-10-11-27-24(15-19)34-14-13-28(3)20-7-6-12-29(17-20)35(26,31)32/h5,8-11,15,18,20H,6-7,12-14,16-17H2,1-4H3,(H2,26,31,32). The molecule has 0 aliphatic carbocycles. The summed E-state index contributed by atoms with van der Waals surface area (Å²) in [5, 5.41) is 5.30. The summed E-state index contributed by atoms with van der Waals surface area (Å²) >= 11 is 0. The third-order valence-corrected chi connectivity index (χ3v) is 7.52. The van der Waals surface area contributed by atoms with Gasteiger partial charge in [0.05, 0.1) is 13.5 Å². The summed E-state index contributed by atoms with van der Waals surface area (Å²) in [6.07, 6.45) is 3.58. The fourth-order valence-electron chi connectivity index (χ4n) is 4.47. The van der Waals surface area contributed by atoms with Gasteiger partial charge in [-0.2, -0.15) is 12.7 Å². The molecule has 0 bridgehead atoms. The van der Waals surface area contributed by atoms with Crippen molar-refractivity contribution in [1.29, 1.82) is 0 Å². The highest BCUT2D eigenvalue weighted by molar-refractivity contribution is 7.86. The number of nitrogens with two attached hydrogens (primary N) is 1. The Morgan fingerprint density at radius 1 is 1.31 bits per heavy atom. The minimum absolute atomic E-state index is 0.0876. The molecular formula is C25H36N4O5S. The molecule has 0 saturated carbocycles. The zero-order valence-corrected chi connectivity index (χ0v) is 21.8. The third kappa shape index (κ3) is 7.23. The highest BCUT2D eigenvalue weighted by atomic mass is 32.2. The first kappa shape index (κ1) is 27.1. The maximum atomic E-state index is 12.1. The molecule has 10 heteroatoms. The van der Waals surface area contributed by atoms with Crippen LogP contribution >= 0.6 is 0 Å². The van der Waals surface area contributed by atoms with Gasteiger partial charge in [-0.25, -0.2) is 10.1 Å². The minimum atomic E-state index is -3.67. The van der Waals surface area contributed by atoms with Crippen molar-refractivity contribution in [1.82, 2.24) is 14.2 Å². The lowest BCUT2D eigenvalue weighted by molar-refractivity contribution is -0.139. The van der Waals surface area contributed by atoms with Gasteiger partial charge < -0.3 is 9.47 Å². The van der Waals surface area contributed by atoms with Gasteiger partial charge in [0.25, 0.3) is 10.2 Å². The topological polar surface area (TPSA) is 115 Å². The van der Waals surface area contributed by atoms with Crippen LogP contribution in [0.15, 0.2) is 36.5 Å². The second kappa shape index (κ2) is 11.9. The molecule has 0 radical (unpaired) electrons. The maximum absolute atomic E-state index is 12.1. The molecule has 1 unspecified atom stereocenters. The molecule has 1 saturated heterocycles. The van der Waals surface area contributed by atoms with Gasteiger partial charge in [-0.15, -0.1) is 0 Å². The summed E-state index contributed by atoms with van der Waals surface area (Å²) in [5.74, 6) is 0.467. The monoisotopic (exact) mass is 504 g/mol. The van der Waals surface area contributed by atoms with E-state index in [9.17, 15) is 13.2 Å². The molecule has 1 aliphatic heterocycles. The van der Waals surface area contributed by atoms with Crippen molar-refractivity contribution in [3.63, 3.8) is 0 Å². The molecule has 1 aromatic heterocycles. The molecule has 35 heavy (non-hydrogen) atoms. The van der Waals surface area contributed by atoms with Crippen molar-refractivity contribution in [3.05, 3.63) is 47.7 Å². The Kier molecular flexibility index (Phi) is 9.23. The third-order valence-electron chi connectivity index (χ3n) is 6.47. The van der Waals surface area contributed by atoms with Crippen LogP contribution in [0.1, 0.15) is 43.7 Å². The van der Waals surface area contributed by atoms with E-state index in [1.807, 2.05) is 37.4 Å². The second-order valence-corrected chi connectivity index (χ2v) is 10.7. The molecule has 1 fully saturated rings. The molecular weight excluding hydrogens is 468 g/mol. The summed E-state index contributed by atoms with van der Waals surface area (Å²) in [7, 11) is -0.315. The summed E-state index contributed by atoms with van der Waals surface area (Å²) in [4.78, 5) is 18.6. The van der Waals surface area contributed by atoms with E-state index in [2.05, 4.69) is 23.7 Å². The number of carbonyl (C=O) groups is 1. The van der Waals surface area contributed by atoms with Crippen LogP contribution in [0.25, 0.3) is 11.1 Å². The predicted molar refractivity (Wildman–Crippen MR) is 135 cm³/mol. The molecule has 2 heterocycles. The Balaban J connectivity index is 1.69. The number of aromatic nitrogens is 1. The van der Waals surface area contributed by atoms with Crippen LogP contribution in [0.3, 0.4) is 0 Å². The largest absolute Gasteiger partial charge is 0.476 e. The van der Waals surface area contributed by atoms with Crippen LogP contribution in [-0.4, -0.2) is 75.0 Å². The first-order chi connectivity index (χ1) is 16.6. The Bertz CT molecular complexity index is 1120. The van der Waals surface area contributed by atoms with E-state index in [-0.39, 0.29) is 24.3 Å². The number of nitrogens with zero attached hydrogens (tertiary/aromatic N) is 3. The van der Waals surface area contributed by atoms with Gasteiger partial charge in [-0.1, -0.05) is 32.0 Å². The molecule has 0 amide bonds. The number of piperidine rings is 1. The molecule has 1 atom stereocenters. The van der Waals surface area contributed by atoms with E-state index < -0.39 is 10.2 Å². The predicted octanol–water partition coefficient (Wildman–Crippen LogP) is 2.57. The lowest BCUT2D eigenvalue weighted by Gasteiger charge is -2.36. The van der Waals surface area contributed by atoms with Crippen LogP contribution < -0.4 is 9.88 Å². The number of likely N-dealkylation sites (N-methyl/N-ethyl adjacent to an activating group) is 1. The Labute approximate surface area is 208 Å². The van der Waals surface area contributed by atoms with E-state index >= 15 is 0 Å². The van der Waals surface area contributed by atoms with Crippen LogP contribution in [0, 0.1) is 0 Å². The van der Waals surface area contributed by atoms with Gasteiger partial charge in [0.2, 0.25) is 5.88 Å². The summed E-state index contributed by atoms with van der Waals surface area (Å²) in [5.41, 5.74) is 3.93. The number of benzene rings is 1. The molecule has 2 N–H and O–H groups in total. The maximum Gasteiger partial charge on any atom is 0.310 e. The highest BCUT2D eigenvalue weighted by Crippen LogP contribution is 2.32. The van der Waals surface area contributed by atoms with Gasteiger partial charge in [0, 0.05) is 37.9 Å². The smallest absolute Gasteiger partial charge is 0.310 e. The number of carbonyl (C=O) groups excluding carboxylic acids is 1. The number of methoxy groups -OCH3 is 1. The molecule has 9 nitrogen and oxygen atoms in total. The van der Waals surface area contributed by atoms with Crippen LogP contribution in [0.4, 0.5) is 0 Å². The zero-order valence-electron chi connectivity index (χ0n) is 20.9. The second-order valence-electron chi connectivity index (χ2n) is 9.19. The van der Waals surface area contributed by atoms with Gasteiger partial charge >= 0.3 is 5.97 Å². The van der Waals surface area contributed by atoms with Crippen molar-refractivity contribution in [2.45, 2.75) is 45.1 Å². The molecule has 3 rings (SSSR count). The van der Waals surface area contributed by atoms with E-state index in [1.54, 1.807) is 6.20 Å². The van der Waals surface area contributed by atoms with E-state index in [0.717, 1.165) is 35.1 Å². The Morgan fingerprint density at radius 2 is 2.09 bits per heavy atom. The quantitative estimate of drug-likeness (QED) is 0.495. The average Bonchev–Trinajstić information content (AvgIpc) is 2.83. The molecule has 1 aliphatic rings. The van der Waals surface area contributed by atoms with Crippen molar-refractivity contribution in [2.75, 3.05) is 40.4 Å². The number of esters is 1. The van der Waals surface area contributed by atoms with Crippen molar-refractivity contribution in [3.8, 4) is 17.0 Å². The number of rotatable bonds is 10. The first-order valence-corrected chi connectivity index (χ1v) is 13.4. The molecule has 0 spiro atoms. The zero-order chi connectivity index (χ0) is 25.6. The van der Waals surface area contributed by atoms with Gasteiger partial charge in [-0.05, 0) is 54.1 Å². The lowest BCUT2D eigenvalue weighted by atomic mass is 9.89. The lowest BCUT2D eigenvalue weighted by Crippen LogP contribution is -2.51. The van der Waals surface area contributed by atoms with Crippen LogP contribution in [0.2, 0.25) is 0 Å². The minimum Gasteiger partial charge on any atom is -0.476 e. The van der Waals surface area contributed by atoms with Gasteiger partial charge in [0.15, 0.2) is 0 Å². The van der Waals surface area contributed by atoms with Crippen LogP contribution in [0.5, 0.6) is 5.88 Å². The number of hydrogen-bond donors (Lipinski definition) is 1. The highest BCUT2D eigenvalue weighted by Gasteiger charge is 2.28. The fraction of sp³-hybridized carbons (Fsp3) is 0.520. The molecule has 192 valence electrons. The van der Waals surface area contributed by atoms with E-state index in [4.69, 9.17) is 14.6 Å². The average molecular weight is 505 g/mol. The number of ether oxygens (including phenoxy) is 2. The number of pyridine rings is 1. The van der Waals surface area contributed by atoms with Gasteiger partial charge in [-0.3, -0.25) is 9.69 Å². The fourth-order valence-corrected chi connectivity index (χ4v) is 5.24. The first-order valence-electron chi connectivity index (χ1n) is 11.9. The molecule has 2 aromatic rings. The van der Waals surface area contributed by atoms with E-state index in [0.29, 0.717) is 32.1 Å².